The summed E-state index contributed by atoms with van der Waals surface area (Å²) in [6.45, 7) is 3.28. The minimum atomic E-state index is -0.611. The predicted octanol–water partition coefficient (Wildman–Crippen LogP) is 2.23. The minimum absolute atomic E-state index is 0.133. The second-order valence-corrected chi connectivity index (χ2v) is 7.61. The van der Waals surface area contributed by atoms with E-state index < -0.39 is 11.2 Å². The number of aryl methyl sites for hydroxylation is 1. The summed E-state index contributed by atoms with van der Waals surface area (Å²) in [5, 5.41) is 3.87. The molecule has 10 heteroatoms. The summed E-state index contributed by atoms with van der Waals surface area (Å²) >= 11 is 0. The summed E-state index contributed by atoms with van der Waals surface area (Å²) < 4.78 is 13.3. The molecule has 5 aromatic rings. The summed E-state index contributed by atoms with van der Waals surface area (Å²) in [6, 6.07) is 10.2. The zero-order valence-electron chi connectivity index (χ0n) is 18.1. The van der Waals surface area contributed by atoms with E-state index in [2.05, 4.69) is 15.1 Å². The van der Waals surface area contributed by atoms with Crippen LogP contribution in [0.4, 0.5) is 0 Å². The van der Waals surface area contributed by atoms with Crippen LogP contribution in [0.3, 0.4) is 0 Å². The Bertz CT molecular complexity index is 1670. The van der Waals surface area contributed by atoms with Crippen molar-refractivity contribution in [1.82, 2.24) is 24.1 Å². The molecule has 5 rings (SSSR count). The molecule has 166 valence electrons. The standard InChI is InChI=1S/C23H19N5O5/c1-12-19(27-9-5-4-6-17(27)21(12)32-3)20(29)14-7-8-16-15(10-14)22(30)28(23(31)25-16)11-18-24-13(2)26-33-18/h4-10H,11H2,1-3H3,(H,25,31). The fourth-order valence-corrected chi connectivity index (χ4v) is 4.05. The number of hydrogen-bond acceptors (Lipinski definition) is 7. The van der Waals surface area contributed by atoms with Crippen molar-refractivity contribution in [3.63, 3.8) is 0 Å². The first-order chi connectivity index (χ1) is 15.9. The number of benzene rings is 1. The van der Waals surface area contributed by atoms with E-state index in [1.54, 1.807) is 36.8 Å². The molecule has 0 fully saturated rings. The normalized spacial score (nSPS) is 11.4. The summed E-state index contributed by atoms with van der Waals surface area (Å²) in [4.78, 5) is 45.8. The maximum atomic E-state index is 13.5. The smallest absolute Gasteiger partial charge is 0.329 e. The minimum Gasteiger partial charge on any atom is -0.494 e. The average Bonchev–Trinajstić information content (AvgIpc) is 3.35. The van der Waals surface area contributed by atoms with Crippen LogP contribution < -0.4 is 16.0 Å². The molecule has 0 aliphatic heterocycles. The van der Waals surface area contributed by atoms with Crippen molar-refractivity contribution in [2.75, 3.05) is 7.11 Å². The number of H-pyrrole nitrogens is 1. The fourth-order valence-electron chi connectivity index (χ4n) is 4.05. The Labute approximate surface area is 186 Å². The van der Waals surface area contributed by atoms with Crippen LogP contribution in [0.1, 0.15) is 33.3 Å². The average molecular weight is 445 g/mol. The number of methoxy groups -OCH3 is 1. The third kappa shape index (κ3) is 3.23. The van der Waals surface area contributed by atoms with Crippen LogP contribution in [0, 0.1) is 13.8 Å². The molecular weight excluding hydrogens is 426 g/mol. The monoisotopic (exact) mass is 445 g/mol. The van der Waals surface area contributed by atoms with E-state index in [9.17, 15) is 14.4 Å². The summed E-state index contributed by atoms with van der Waals surface area (Å²) in [6.07, 6.45) is 1.79. The molecule has 0 aliphatic carbocycles. The Morgan fingerprint density at radius 1 is 1.18 bits per heavy atom. The van der Waals surface area contributed by atoms with Gasteiger partial charge in [-0.1, -0.05) is 11.2 Å². The highest BCUT2D eigenvalue weighted by Gasteiger charge is 2.23. The quantitative estimate of drug-likeness (QED) is 0.411. The maximum Gasteiger partial charge on any atom is 0.329 e. The molecule has 0 bridgehead atoms. The SMILES string of the molecule is COc1c(C)c(C(=O)c2ccc3[nH]c(=O)n(Cc4nc(C)no4)c(=O)c3c2)n2ccccc12. The van der Waals surface area contributed by atoms with Crippen molar-refractivity contribution >= 4 is 22.2 Å². The number of ether oxygens (including phenoxy) is 1. The number of aromatic nitrogens is 5. The molecule has 1 N–H and O–H groups in total. The summed E-state index contributed by atoms with van der Waals surface area (Å²) in [5.74, 6) is 0.868. The van der Waals surface area contributed by atoms with Gasteiger partial charge in [-0.15, -0.1) is 0 Å². The Morgan fingerprint density at radius 3 is 2.73 bits per heavy atom. The highest BCUT2D eigenvalue weighted by molar-refractivity contribution is 6.11. The molecule has 0 unspecified atom stereocenters. The maximum absolute atomic E-state index is 13.5. The van der Waals surface area contributed by atoms with Crippen LogP contribution in [0.5, 0.6) is 5.75 Å². The highest BCUT2D eigenvalue weighted by Crippen LogP contribution is 2.31. The zero-order valence-corrected chi connectivity index (χ0v) is 18.1. The largest absolute Gasteiger partial charge is 0.494 e. The molecule has 1 aromatic carbocycles. The van der Waals surface area contributed by atoms with Gasteiger partial charge in [0.15, 0.2) is 5.82 Å². The van der Waals surface area contributed by atoms with Crippen LogP contribution in [-0.2, 0) is 6.54 Å². The topological polar surface area (TPSA) is 124 Å². The fraction of sp³-hybridized carbons (Fsp3) is 0.174. The number of rotatable bonds is 5. The molecule has 33 heavy (non-hydrogen) atoms. The van der Waals surface area contributed by atoms with Gasteiger partial charge in [-0.25, -0.2) is 4.79 Å². The Balaban J connectivity index is 1.65. The highest BCUT2D eigenvalue weighted by atomic mass is 16.5. The number of aromatic amines is 1. The number of carbonyl (C=O) groups is 1. The molecule has 0 radical (unpaired) electrons. The molecule has 0 atom stereocenters. The van der Waals surface area contributed by atoms with Crippen molar-refractivity contribution in [1.29, 1.82) is 0 Å². The van der Waals surface area contributed by atoms with Gasteiger partial charge in [0.25, 0.3) is 5.56 Å². The van der Waals surface area contributed by atoms with Gasteiger partial charge in [-0.3, -0.25) is 14.2 Å². The van der Waals surface area contributed by atoms with Crippen molar-refractivity contribution in [3.05, 3.63) is 92.0 Å². The Morgan fingerprint density at radius 2 is 2.00 bits per heavy atom. The number of hydrogen-bond donors (Lipinski definition) is 1. The van der Waals surface area contributed by atoms with Crippen molar-refractivity contribution in [3.8, 4) is 5.75 Å². The Hall–Kier alpha value is -4.47. The summed E-state index contributed by atoms with van der Waals surface area (Å²) in [7, 11) is 1.56. The lowest BCUT2D eigenvalue weighted by Gasteiger charge is -2.07. The van der Waals surface area contributed by atoms with Gasteiger partial charge >= 0.3 is 5.69 Å². The van der Waals surface area contributed by atoms with Gasteiger partial charge in [0.05, 0.1) is 23.5 Å². The van der Waals surface area contributed by atoms with Gasteiger partial charge in [0, 0.05) is 17.3 Å². The van der Waals surface area contributed by atoms with Crippen LogP contribution in [-0.4, -0.2) is 37.0 Å². The van der Waals surface area contributed by atoms with Crippen LogP contribution in [0.2, 0.25) is 0 Å². The second-order valence-electron chi connectivity index (χ2n) is 7.61. The molecular formula is C23H19N5O5. The zero-order chi connectivity index (χ0) is 23.3. The van der Waals surface area contributed by atoms with Crippen molar-refractivity contribution in [2.45, 2.75) is 20.4 Å². The van der Waals surface area contributed by atoms with Crippen molar-refractivity contribution < 1.29 is 14.1 Å². The first kappa shape index (κ1) is 20.4. The van der Waals surface area contributed by atoms with E-state index in [4.69, 9.17) is 9.26 Å². The lowest BCUT2D eigenvalue weighted by molar-refractivity contribution is 0.103. The van der Waals surface area contributed by atoms with Crippen LogP contribution in [0.15, 0.2) is 56.7 Å². The summed E-state index contributed by atoms with van der Waals surface area (Å²) in [5.41, 5.74) is 1.36. The number of ketones is 1. The lowest BCUT2D eigenvalue weighted by Crippen LogP contribution is -2.35. The van der Waals surface area contributed by atoms with Gasteiger partial charge in [0.2, 0.25) is 11.7 Å². The predicted molar refractivity (Wildman–Crippen MR) is 119 cm³/mol. The lowest BCUT2D eigenvalue weighted by atomic mass is 10.0. The van der Waals surface area contributed by atoms with E-state index in [0.717, 1.165) is 10.1 Å². The number of fused-ring (bicyclic) bond motifs is 2. The molecule has 4 aromatic heterocycles. The van der Waals surface area contributed by atoms with Gasteiger partial charge in [-0.05, 0) is 44.2 Å². The van der Waals surface area contributed by atoms with E-state index in [0.29, 0.717) is 33.9 Å². The van der Waals surface area contributed by atoms with Crippen molar-refractivity contribution in [2.24, 2.45) is 0 Å². The first-order valence-corrected chi connectivity index (χ1v) is 10.1. The number of pyridine rings is 1. The number of nitrogens with zero attached hydrogens (tertiary/aromatic N) is 4. The molecule has 10 nitrogen and oxygen atoms in total. The van der Waals surface area contributed by atoms with E-state index in [-0.39, 0.29) is 23.6 Å². The molecule has 0 aliphatic rings. The Kier molecular flexibility index (Phi) is 4.70. The van der Waals surface area contributed by atoms with E-state index >= 15 is 0 Å². The molecule has 0 spiro atoms. The molecule has 0 saturated carbocycles. The first-order valence-electron chi connectivity index (χ1n) is 10.1. The van der Waals surface area contributed by atoms with Gasteiger partial charge < -0.3 is 18.6 Å². The third-order valence-corrected chi connectivity index (χ3v) is 5.56. The molecule has 4 heterocycles. The molecule has 0 saturated heterocycles. The number of nitrogens with one attached hydrogen (secondary N) is 1. The van der Waals surface area contributed by atoms with E-state index in [1.807, 2.05) is 25.1 Å². The van der Waals surface area contributed by atoms with Gasteiger partial charge in [-0.2, -0.15) is 4.98 Å². The van der Waals surface area contributed by atoms with E-state index in [1.165, 1.54) is 6.07 Å². The molecule has 0 amide bonds. The van der Waals surface area contributed by atoms with Gasteiger partial charge in [0.1, 0.15) is 18.0 Å². The number of carbonyl (C=O) groups excluding carboxylic acids is 1. The van der Waals surface area contributed by atoms with Crippen LogP contribution in [0.25, 0.3) is 16.4 Å². The third-order valence-electron chi connectivity index (χ3n) is 5.56. The second kappa shape index (κ2) is 7.59. The van der Waals surface area contributed by atoms with Crippen LogP contribution >= 0.6 is 0 Å².